The summed E-state index contributed by atoms with van der Waals surface area (Å²) in [6.45, 7) is 4.46. The minimum absolute atomic E-state index is 0.0471. The van der Waals surface area contributed by atoms with E-state index in [1.54, 1.807) is 0 Å². The van der Waals surface area contributed by atoms with Crippen molar-refractivity contribution in [1.82, 2.24) is 8.61 Å². The van der Waals surface area contributed by atoms with Crippen LogP contribution in [-0.4, -0.2) is 37.2 Å². The van der Waals surface area contributed by atoms with Gasteiger partial charge in [0, 0.05) is 26.7 Å². The molecule has 2 unspecified atom stereocenters. The summed E-state index contributed by atoms with van der Waals surface area (Å²) in [4.78, 5) is 0. The highest BCUT2D eigenvalue weighted by atomic mass is 32.2. The van der Waals surface area contributed by atoms with Crippen LogP contribution in [0.25, 0.3) is 0 Å². The number of hydrogen-bond acceptors (Lipinski definition) is 2. The lowest BCUT2D eigenvalue weighted by atomic mass is 9.94. The summed E-state index contributed by atoms with van der Waals surface area (Å²) in [5.41, 5.74) is -0.846. The van der Waals surface area contributed by atoms with Crippen molar-refractivity contribution in [2.75, 3.05) is 20.1 Å². The highest BCUT2D eigenvalue weighted by Crippen LogP contribution is 2.33. The zero-order valence-corrected chi connectivity index (χ0v) is 14.9. The Morgan fingerprint density at radius 1 is 1.17 bits per heavy atom. The minimum atomic E-state index is -4.50. The van der Waals surface area contributed by atoms with Crippen molar-refractivity contribution in [2.24, 2.45) is 11.8 Å². The second-order valence-corrected chi connectivity index (χ2v) is 8.72. The Morgan fingerprint density at radius 3 is 2.25 bits per heavy atom. The zero-order valence-electron chi connectivity index (χ0n) is 14.0. The first-order chi connectivity index (χ1) is 11.0. The molecule has 4 nitrogen and oxygen atoms in total. The Bertz CT molecular complexity index is 666. The zero-order chi connectivity index (χ0) is 18.1. The van der Waals surface area contributed by atoms with Gasteiger partial charge in [0.2, 0.25) is 0 Å². The average molecular weight is 364 g/mol. The van der Waals surface area contributed by atoms with Gasteiger partial charge in [-0.25, -0.2) is 0 Å². The van der Waals surface area contributed by atoms with Gasteiger partial charge in [-0.3, -0.25) is 0 Å². The van der Waals surface area contributed by atoms with Crippen LogP contribution >= 0.6 is 0 Å². The van der Waals surface area contributed by atoms with Gasteiger partial charge in [0.25, 0.3) is 10.2 Å². The Hall–Kier alpha value is -1.12. The molecule has 1 fully saturated rings. The van der Waals surface area contributed by atoms with Crippen LogP contribution in [0.1, 0.15) is 31.4 Å². The third-order valence-corrected chi connectivity index (χ3v) is 6.14. The number of hydrogen-bond donors (Lipinski definition) is 0. The predicted molar refractivity (Wildman–Crippen MR) is 86.3 cm³/mol. The van der Waals surface area contributed by atoms with Crippen LogP contribution in [0.15, 0.2) is 24.3 Å². The molecule has 0 saturated carbocycles. The Labute approximate surface area is 141 Å². The van der Waals surface area contributed by atoms with E-state index in [0.717, 1.165) is 16.8 Å². The number of rotatable bonds is 4. The molecule has 24 heavy (non-hydrogen) atoms. The number of halogens is 3. The molecular weight excluding hydrogens is 341 g/mol. The van der Waals surface area contributed by atoms with Gasteiger partial charge in [0.1, 0.15) is 0 Å². The van der Waals surface area contributed by atoms with Crippen LogP contribution < -0.4 is 0 Å². The van der Waals surface area contributed by atoms with Crippen molar-refractivity contribution in [3.8, 4) is 0 Å². The van der Waals surface area contributed by atoms with Gasteiger partial charge >= 0.3 is 6.18 Å². The summed E-state index contributed by atoms with van der Waals surface area (Å²) in [5.74, 6) is 0.471. The van der Waals surface area contributed by atoms with Gasteiger partial charge < -0.3 is 0 Å². The second-order valence-electron chi connectivity index (χ2n) is 6.68. The third kappa shape index (κ3) is 4.29. The second kappa shape index (κ2) is 7.01. The van der Waals surface area contributed by atoms with Crippen LogP contribution in [0.3, 0.4) is 0 Å². The van der Waals surface area contributed by atoms with Gasteiger partial charge in [-0.15, -0.1) is 0 Å². The van der Waals surface area contributed by atoms with E-state index in [-0.39, 0.29) is 23.9 Å². The van der Waals surface area contributed by atoms with E-state index in [4.69, 9.17) is 0 Å². The molecule has 2 atom stereocenters. The SMILES string of the molecule is CC1CC(C)CN(S(=O)(=O)N(C)Cc2ccccc2C(F)(F)F)C1. The van der Waals surface area contributed by atoms with Crippen molar-refractivity contribution < 1.29 is 21.6 Å². The van der Waals surface area contributed by atoms with Crippen LogP contribution in [0, 0.1) is 11.8 Å². The number of piperidine rings is 1. The van der Waals surface area contributed by atoms with Crippen molar-refractivity contribution in [2.45, 2.75) is 33.0 Å². The lowest BCUT2D eigenvalue weighted by molar-refractivity contribution is -0.138. The number of benzene rings is 1. The third-order valence-electron chi connectivity index (χ3n) is 4.27. The lowest BCUT2D eigenvalue weighted by Crippen LogP contribution is -2.48. The van der Waals surface area contributed by atoms with Gasteiger partial charge in [-0.2, -0.15) is 30.2 Å². The number of nitrogens with zero attached hydrogens (tertiary/aromatic N) is 2. The summed E-state index contributed by atoms with van der Waals surface area (Å²) in [6.07, 6.45) is -3.55. The van der Waals surface area contributed by atoms with E-state index in [1.807, 2.05) is 13.8 Å². The van der Waals surface area contributed by atoms with Crippen LogP contribution in [0.2, 0.25) is 0 Å². The van der Waals surface area contributed by atoms with E-state index in [1.165, 1.54) is 29.6 Å². The molecule has 136 valence electrons. The molecule has 0 N–H and O–H groups in total. The fourth-order valence-electron chi connectivity index (χ4n) is 3.25. The van der Waals surface area contributed by atoms with Crippen LogP contribution in [0.5, 0.6) is 0 Å². The molecule has 1 heterocycles. The maximum atomic E-state index is 13.1. The average Bonchev–Trinajstić information content (AvgIpc) is 2.45. The maximum Gasteiger partial charge on any atom is 0.416 e. The first-order valence-corrected chi connectivity index (χ1v) is 9.28. The molecule has 0 spiro atoms. The van der Waals surface area contributed by atoms with E-state index >= 15 is 0 Å². The fraction of sp³-hybridized carbons (Fsp3) is 0.625. The molecule has 8 heteroatoms. The molecule has 0 aliphatic carbocycles. The van der Waals surface area contributed by atoms with Gasteiger partial charge in [-0.05, 0) is 29.9 Å². The summed E-state index contributed by atoms with van der Waals surface area (Å²) < 4.78 is 67.0. The molecule has 1 saturated heterocycles. The van der Waals surface area contributed by atoms with E-state index in [2.05, 4.69) is 0 Å². The molecule has 0 radical (unpaired) electrons. The lowest BCUT2D eigenvalue weighted by Gasteiger charge is -2.36. The fourth-order valence-corrected chi connectivity index (χ4v) is 4.83. The Balaban J connectivity index is 2.22. The summed E-state index contributed by atoms with van der Waals surface area (Å²) >= 11 is 0. The van der Waals surface area contributed by atoms with Gasteiger partial charge in [-0.1, -0.05) is 32.0 Å². The van der Waals surface area contributed by atoms with E-state index < -0.39 is 21.9 Å². The summed E-state index contributed by atoms with van der Waals surface area (Å²) in [7, 11) is -2.46. The largest absolute Gasteiger partial charge is 0.416 e. The van der Waals surface area contributed by atoms with E-state index in [9.17, 15) is 21.6 Å². The first-order valence-electron chi connectivity index (χ1n) is 7.88. The van der Waals surface area contributed by atoms with Crippen molar-refractivity contribution >= 4 is 10.2 Å². The van der Waals surface area contributed by atoms with Crippen LogP contribution in [0.4, 0.5) is 13.2 Å². The monoisotopic (exact) mass is 364 g/mol. The molecule has 0 aromatic heterocycles. The summed E-state index contributed by atoms with van der Waals surface area (Å²) in [6, 6.07) is 5.07. The predicted octanol–water partition coefficient (Wildman–Crippen LogP) is 3.36. The molecule has 1 aromatic carbocycles. The quantitative estimate of drug-likeness (QED) is 0.822. The molecule has 1 aromatic rings. The normalized spacial score (nSPS) is 23.6. The topological polar surface area (TPSA) is 40.6 Å². The maximum absolute atomic E-state index is 13.1. The molecule has 0 bridgehead atoms. The molecule has 2 rings (SSSR count). The summed E-state index contributed by atoms with van der Waals surface area (Å²) in [5, 5.41) is 0. The van der Waals surface area contributed by atoms with Crippen LogP contribution in [-0.2, 0) is 22.9 Å². The van der Waals surface area contributed by atoms with Crippen molar-refractivity contribution in [1.29, 1.82) is 0 Å². The van der Waals surface area contributed by atoms with Crippen molar-refractivity contribution in [3.63, 3.8) is 0 Å². The first kappa shape index (κ1) is 19.2. The smallest absolute Gasteiger partial charge is 0.195 e. The highest BCUT2D eigenvalue weighted by Gasteiger charge is 2.36. The minimum Gasteiger partial charge on any atom is -0.195 e. The van der Waals surface area contributed by atoms with Crippen molar-refractivity contribution in [3.05, 3.63) is 35.4 Å². The van der Waals surface area contributed by atoms with E-state index in [0.29, 0.717) is 13.1 Å². The molecular formula is C16H23F3N2O2S. The van der Waals surface area contributed by atoms with Gasteiger partial charge in [0.05, 0.1) is 5.56 Å². The number of alkyl halides is 3. The Morgan fingerprint density at radius 2 is 1.71 bits per heavy atom. The molecule has 1 aliphatic heterocycles. The standard InChI is InChI=1S/C16H23F3N2O2S/c1-12-8-13(2)10-21(9-12)24(22,23)20(3)11-14-6-4-5-7-15(14)16(17,18)19/h4-7,12-13H,8-11H2,1-3H3. The molecule has 1 aliphatic rings. The highest BCUT2D eigenvalue weighted by molar-refractivity contribution is 7.86. The Kier molecular flexibility index (Phi) is 5.61. The molecule has 0 amide bonds. The van der Waals surface area contributed by atoms with Gasteiger partial charge in [0.15, 0.2) is 0 Å².